The monoisotopic (exact) mass is 239 g/mol. The fourth-order valence-electron chi connectivity index (χ4n) is 1.63. The zero-order chi connectivity index (χ0) is 12.9. The largest absolute Gasteiger partial charge is 0.337 e. The Morgan fingerprint density at radius 2 is 1.76 bits per heavy atom. The molecule has 0 bridgehead atoms. The standard InChI is InChI=1S/C9H13N3O.2C2H6/c1-10-9(4-5-9)8-11-7(12-13-8)6-2-3-6;2*1-2/h6,10H,2-5H2,1H3;2*1-2H3. The molecule has 2 saturated carbocycles. The summed E-state index contributed by atoms with van der Waals surface area (Å²) in [6.45, 7) is 8.00. The molecule has 0 spiro atoms. The summed E-state index contributed by atoms with van der Waals surface area (Å²) in [6.07, 6.45) is 4.70. The second-order valence-corrected chi connectivity index (χ2v) is 4.06. The molecule has 2 fully saturated rings. The van der Waals surface area contributed by atoms with Crippen molar-refractivity contribution in [1.82, 2.24) is 15.5 Å². The highest BCUT2D eigenvalue weighted by Crippen LogP contribution is 2.45. The van der Waals surface area contributed by atoms with Crippen LogP contribution in [0.15, 0.2) is 4.52 Å². The quantitative estimate of drug-likeness (QED) is 0.880. The molecule has 3 rings (SSSR count). The first-order chi connectivity index (χ1) is 8.34. The normalized spacial score (nSPS) is 19.6. The van der Waals surface area contributed by atoms with Crippen molar-refractivity contribution in [1.29, 1.82) is 0 Å². The van der Waals surface area contributed by atoms with Crippen LogP contribution < -0.4 is 5.32 Å². The third kappa shape index (κ3) is 3.06. The van der Waals surface area contributed by atoms with Crippen LogP contribution >= 0.6 is 0 Å². The summed E-state index contributed by atoms with van der Waals surface area (Å²) in [4.78, 5) is 4.44. The highest BCUT2D eigenvalue weighted by atomic mass is 16.5. The van der Waals surface area contributed by atoms with Gasteiger partial charge in [-0.1, -0.05) is 32.9 Å². The van der Waals surface area contributed by atoms with E-state index in [1.165, 1.54) is 12.8 Å². The highest BCUT2D eigenvalue weighted by Gasteiger charge is 2.48. The molecule has 2 aliphatic rings. The second kappa shape index (κ2) is 6.15. The van der Waals surface area contributed by atoms with Gasteiger partial charge in [-0.25, -0.2) is 0 Å². The molecular formula is C13H25N3O. The van der Waals surface area contributed by atoms with E-state index in [0.29, 0.717) is 5.92 Å². The summed E-state index contributed by atoms with van der Waals surface area (Å²) in [5, 5.41) is 7.25. The van der Waals surface area contributed by atoms with Crippen molar-refractivity contribution >= 4 is 0 Å². The van der Waals surface area contributed by atoms with Gasteiger partial charge in [0.05, 0.1) is 5.54 Å². The maximum Gasteiger partial charge on any atom is 0.246 e. The minimum Gasteiger partial charge on any atom is -0.337 e. The Hall–Kier alpha value is -0.900. The lowest BCUT2D eigenvalue weighted by Crippen LogP contribution is -2.24. The number of aromatic nitrogens is 2. The summed E-state index contributed by atoms with van der Waals surface area (Å²) in [5.41, 5.74) is 0.0279. The van der Waals surface area contributed by atoms with Gasteiger partial charge in [0.25, 0.3) is 0 Å². The van der Waals surface area contributed by atoms with Crippen molar-refractivity contribution < 1.29 is 4.52 Å². The minimum atomic E-state index is 0.0279. The zero-order valence-corrected chi connectivity index (χ0v) is 11.7. The second-order valence-electron chi connectivity index (χ2n) is 4.06. The topological polar surface area (TPSA) is 51.0 Å². The van der Waals surface area contributed by atoms with Gasteiger partial charge in [-0.2, -0.15) is 4.98 Å². The molecular weight excluding hydrogens is 214 g/mol. The van der Waals surface area contributed by atoms with Crippen LogP contribution in [0.2, 0.25) is 0 Å². The molecule has 17 heavy (non-hydrogen) atoms. The van der Waals surface area contributed by atoms with Crippen molar-refractivity contribution in [2.75, 3.05) is 7.05 Å². The maximum absolute atomic E-state index is 5.26. The lowest BCUT2D eigenvalue weighted by Gasteiger charge is -2.05. The number of hydrogen-bond acceptors (Lipinski definition) is 4. The van der Waals surface area contributed by atoms with E-state index in [2.05, 4.69) is 15.5 Å². The first kappa shape index (κ1) is 14.2. The molecule has 2 aliphatic carbocycles. The maximum atomic E-state index is 5.26. The molecule has 0 aromatic carbocycles. The highest BCUT2D eigenvalue weighted by molar-refractivity contribution is 5.15. The van der Waals surface area contributed by atoms with Crippen LogP contribution in [0.3, 0.4) is 0 Å². The molecule has 0 unspecified atom stereocenters. The smallest absolute Gasteiger partial charge is 0.246 e. The lowest BCUT2D eigenvalue weighted by atomic mass is 10.3. The predicted octanol–water partition coefficient (Wildman–Crippen LogP) is 3.21. The van der Waals surface area contributed by atoms with Gasteiger partial charge in [-0.3, -0.25) is 0 Å². The van der Waals surface area contributed by atoms with Crippen molar-refractivity contribution in [3.8, 4) is 0 Å². The average Bonchev–Trinajstić information content (AvgIpc) is 3.35. The van der Waals surface area contributed by atoms with Crippen molar-refractivity contribution in [2.24, 2.45) is 0 Å². The summed E-state index contributed by atoms with van der Waals surface area (Å²) in [7, 11) is 1.95. The summed E-state index contributed by atoms with van der Waals surface area (Å²) >= 11 is 0. The van der Waals surface area contributed by atoms with Crippen LogP contribution in [0.1, 0.15) is 71.0 Å². The van der Waals surface area contributed by atoms with Gasteiger partial charge in [0.1, 0.15) is 0 Å². The molecule has 1 aromatic rings. The molecule has 0 aliphatic heterocycles. The molecule has 4 heteroatoms. The molecule has 1 N–H and O–H groups in total. The van der Waals surface area contributed by atoms with Gasteiger partial charge in [0, 0.05) is 5.92 Å². The fourth-order valence-corrected chi connectivity index (χ4v) is 1.63. The molecule has 0 saturated heterocycles. The third-order valence-corrected chi connectivity index (χ3v) is 3.02. The van der Waals surface area contributed by atoms with E-state index in [4.69, 9.17) is 4.52 Å². The first-order valence-corrected chi connectivity index (χ1v) is 6.87. The molecule has 0 atom stereocenters. The molecule has 0 amide bonds. The van der Waals surface area contributed by atoms with Crippen LogP contribution in [-0.4, -0.2) is 17.2 Å². The van der Waals surface area contributed by atoms with Crippen LogP contribution in [0.4, 0.5) is 0 Å². The van der Waals surface area contributed by atoms with Gasteiger partial charge in [0.15, 0.2) is 5.82 Å². The number of rotatable bonds is 3. The Bertz CT molecular complexity index is 327. The van der Waals surface area contributed by atoms with Crippen LogP contribution in [-0.2, 0) is 5.54 Å². The Balaban J connectivity index is 0.000000330. The van der Waals surface area contributed by atoms with Gasteiger partial charge in [-0.15, -0.1) is 0 Å². The van der Waals surface area contributed by atoms with E-state index in [1.54, 1.807) is 0 Å². The predicted molar refractivity (Wildman–Crippen MR) is 68.9 cm³/mol. The molecule has 0 radical (unpaired) electrons. The zero-order valence-electron chi connectivity index (χ0n) is 11.7. The summed E-state index contributed by atoms with van der Waals surface area (Å²) < 4.78 is 5.26. The Kier molecular flexibility index (Phi) is 5.12. The van der Waals surface area contributed by atoms with Gasteiger partial charge >= 0.3 is 0 Å². The number of nitrogens with one attached hydrogen (secondary N) is 1. The molecule has 1 aromatic heterocycles. The lowest BCUT2D eigenvalue weighted by molar-refractivity contribution is 0.325. The van der Waals surface area contributed by atoms with E-state index >= 15 is 0 Å². The Labute approximate surface area is 104 Å². The Morgan fingerprint density at radius 1 is 1.18 bits per heavy atom. The average molecular weight is 239 g/mol. The Morgan fingerprint density at radius 3 is 2.18 bits per heavy atom. The van der Waals surface area contributed by atoms with Gasteiger partial charge in [0.2, 0.25) is 5.89 Å². The van der Waals surface area contributed by atoms with Gasteiger partial charge < -0.3 is 9.84 Å². The van der Waals surface area contributed by atoms with Gasteiger partial charge in [-0.05, 0) is 32.7 Å². The SMILES string of the molecule is CC.CC.CNC1(c2nc(C3CC3)no2)CC1. The van der Waals surface area contributed by atoms with Crippen molar-refractivity contribution in [3.63, 3.8) is 0 Å². The third-order valence-electron chi connectivity index (χ3n) is 3.02. The van der Waals surface area contributed by atoms with Crippen LogP contribution in [0.25, 0.3) is 0 Å². The van der Waals surface area contributed by atoms with Crippen molar-refractivity contribution in [3.05, 3.63) is 11.7 Å². The van der Waals surface area contributed by atoms with E-state index < -0.39 is 0 Å². The van der Waals surface area contributed by atoms with E-state index in [9.17, 15) is 0 Å². The minimum absolute atomic E-state index is 0.0279. The number of nitrogens with zero attached hydrogens (tertiary/aromatic N) is 2. The molecule has 98 valence electrons. The fraction of sp³-hybridized carbons (Fsp3) is 0.846. The van der Waals surface area contributed by atoms with Crippen LogP contribution in [0, 0.1) is 0 Å². The number of hydrogen-bond donors (Lipinski definition) is 1. The summed E-state index contributed by atoms with van der Waals surface area (Å²) in [5.74, 6) is 2.29. The van der Waals surface area contributed by atoms with E-state index in [0.717, 1.165) is 24.6 Å². The first-order valence-electron chi connectivity index (χ1n) is 6.87. The van der Waals surface area contributed by atoms with E-state index in [-0.39, 0.29) is 5.54 Å². The molecule has 1 heterocycles. The summed E-state index contributed by atoms with van der Waals surface area (Å²) in [6, 6.07) is 0. The van der Waals surface area contributed by atoms with E-state index in [1.807, 2.05) is 34.7 Å². The van der Waals surface area contributed by atoms with Crippen molar-refractivity contribution in [2.45, 2.75) is 64.8 Å². The van der Waals surface area contributed by atoms with Crippen LogP contribution in [0.5, 0.6) is 0 Å². The molecule has 4 nitrogen and oxygen atoms in total.